The fourth-order valence-corrected chi connectivity index (χ4v) is 3.24. The number of aromatic nitrogens is 2. The van der Waals surface area contributed by atoms with Crippen molar-refractivity contribution in [2.75, 3.05) is 13.1 Å². The molecule has 2 heterocycles. The number of rotatable bonds is 6. The number of benzene rings is 1. The lowest BCUT2D eigenvalue weighted by molar-refractivity contribution is -0.132. The molecule has 8 heteroatoms. The van der Waals surface area contributed by atoms with Gasteiger partial charge < -0.3 is 15.2 Å². The molecule has 1 amide bonds. The van der Waals surface area contributed by atoms with Crippen molar-refractivity contribution in [2.45, 2.75) is 38.1 Å². The number of nitrogens with two attached hydrogens (primary N) is 1. The molecule has 25 heavy (non-hydrogen) atoms. The Balaban J connectivity index is 0.00000225. The highest BCUT2D eigenvalue weighted by molar-refractivity contribution is 9.10. The molecular formula is C17H22BrClN4O2. The number of hydrogen-bond acceptors (Lipinski definition) is 5. The molecule has 1 aromatic carbocycles. The van der Waals surface area contributed by atoms with Gasteiger partial charge in [-0.25, -0.2) is 0 Å². The first kappa shape index (κ1) is 19.9. The van der Waals surface area contributed by atoms with E-state index < -0.39 is 0 Å². The maximum absolute atomic E-state index is 12.3. The summed E-state index contributed by atoms with van der Waals surface area (Å²) in [6, 6.07) is 7.94. The van der Waals surface area contributed by atoms with Crippen LogP contribution in [-0.4, -0.2) is 34.0 Å². The summed E-state index contributed by atoms with van der Waals surface area (Å²) in [4.78, 5) is 18.7. The lowest BCUT2D eigenvalue weighted by Crippen LogP contribution is -2.30. The summed E-state index contributed by atoms with van der Waals surface area (Å²) in [6.07, 6.45) is 3.63. The number of nitrogens with zero attached hydrogens (tertiary/aromatic N) is 3. The number of amides is 1. The van der Waals surface area contributed by atoms with Gasteiger partial charge in [-0.2, -0.15) is 4.98 Å². The van der Waals surface area contributed by atoms with E-state index in [2.05, 4.69) is 26.1 Å². The Bertz CT molecular complexity index is 692. The Morgan fingerprint density at radius 1 is 1.36 bits per heavy atom. The van der Waals surface area contributed by atoms with Gasteiger partial charge in [0.2, 0.25) is 11.8 Å². The van der Waals surface area contributed by atoms with Crippen molar-refractivity contribution in [3.05, 3.63) is 46.0 Å². The molecule has 0 spiro atoms. The van der Waals surface area contributed by atoms with Crippen molar-refractivity contribution in [3.63, 3.8) is 0 Å². The molecule has 0 radical (unpaired) electrons. The number of carbonyl (C=O) groups excluding carboxylic acids is 1. The zero-order valence-corrected chi connectivity index (χ0v) is 16.3. The summed E-state index contributed by atoms with van der Waals surface area (Å²) in [5.74, 6) is 1.31. The molecule has 1 aromatic heterocycles. The molecule has 1 fully saturated rings. The zero-order chi connectivity index (χ0) is 16.9. The SMILES string of the molecule is Cl.NCCCC(=O)N1CCCC1c1nc(Cc2ccc(Br)cc2)no1. The first-order valence-corrected chi connectivity index (χ1v) is 9.03. The van der Waals surface area contributed by atoms with Gasteiger partial charge in [-0.05, 0) is 43.5 Å². The van der Waals surface area contributed by atoms with E-state index in [1.165, 1.54) is 0 Å². The highest BCUT2D eigenvalue weighted by atomic mass is 79.9. The van der Waals surface area contributed by atoms with Crippen LogP contribution in [-0.2, 0) is 11.2 Å². The van der Waals surface area contributed by atoms with Crippen molar-refractivity contribution in [2.24, 2.45) is 5.73 Å². The minimum atomic E-state index is -0.0959. The van der Waals surface area contributed by atoms with Gasteiger partial charge in [0.25, 0.3) is 0 Å². The fourth-order valence-electron chi connectivity index (χ4n) is 2.98. The van der Waals surface area contributed by atoms with E-state index in [0.29, 0.717) is 37.5 Å². The predicted octanol–water partition coefficient (Wildman–Crippen LogP) is 3.25. The van der Waals surface area contributed by atoms with Gasteiger partial charge in [0, 0.05) is 23.9 Å². The van der Waals surface area contributed by atoms with Crippen molar-refractivity contribution >= 4 is 34.2 Å². The second kappa shape index (κ2) is 9.31. The summed E-state index contributed by atoms with van der Waals surface area (Å²) >= 11 is 3.42. The van der Waals surface area contributed by atoms with Crippen LogP contribution in [0.2, 0.25) is 0 Å². The minimum absolute atomic E-state index is 0. The molecule has 0 saturated carbocycles. The lowest BCUT2D eigenvalue weighted by atomic mass is 10.1. The Kier molecular flexibility index (Phi) is 7.40. The average molecular weight is 430 g/mol. The Morgan fingerprint density at radius 3 is 2.84 bits per heavy atom. The topological polar surface area (TPSA) is 85.3 Å². The number of carbonyl (C=O) groups is 1. The summed E-state index contributed by atoms with van der Waals surface area (Å²) in [7, 11) is 0. The first-order chi connectivity index (χ1) is 11.7. The van der Waals surface area contributed by atoms with Crippen molar-refractivity contribution in [3.8, 4) is 0 Å². The highest BCUT2D eigenvalue weighted by Gasteiger charge is 2.33. The molecule has 6 nitrogen and oxygen atoms in total. The normalized spacial score (nSPS) is 16.7. The molecule has 0 bridgehead atoms. The van der Waals surface area contributed by atoms with E-state index in [0.717, 1.165) is 29.4 Å². The van der Waals surface area contributed by atoms with Crippen molar-refractivity contribution in [1.82, 2.24) is 15.0 Å². The van der Waals surface area contributed by atoms with E-state index >= 15 is 0 Å². The van der Waals surface area contributed by atoms with E-state index in [9.17, 15) is 4.79 Å². The number of halogens is 2. The fraction of sp³-hybridized carbons (Fsp3) is 0.471. The van der Waals surface area contributed by atoms with Gasteiger partial charge in [-0.3, -0.25) is 4.79 Å². The third-order valence-corrected chi connectivity index (χ3v) is 4.74. The Labute approximate surface area is 161 Å². The van der Waals surface area contributed by atoms with E-state index in [1.807, 2.05) is 29.2 Å². The van der Waals surface area contributed by atoms with Gasteiger partial charge >= 0.3 is 0 Å². The van der Waals surface area contributed by atoms with Crippen LogP contribution in [0.5, 0.6) is 0 Å². The van der Waals surface area contributed by atoms with E-state index in [-0.39, 0.29) is 24.4 Å². The van der Waals surface area contributed by atoms with Crippen LogP contribution < -0.4 is 5.73 Å². The molecular weight excluding hydrogens is 408 g/mol. The minimum Gasteiger partial charge on any atom is -0.337 e. The van der Waals surface area contributed by atoms with Crippen LogP contribution in [0.3, 0.4) is 0 Å². The molecule has 1 saturated heterocycles. The van der Waals surface area contributed by atoms with E-state index in [4.69, 9.17) is 10.3 Å². The van der Waals surface area contributed by atoms with Crippen LogP contribution >= 0.6 is 28.3 Å². The lowest BCUT2D eigenvalue weighted by Gasteiger charge is -2.21. The van der Waals surface area contributed by atoms with Crippen LogP contribution in [0.4, 0.5) is 0 Å². The Morgan fingerprint density at radius 2 is 2.12 bits per heavy atom. The quantitative estimate of drug-likeness (QED) is 0.762. The second-order valence-electron chi connectivity index (χ2n) is 5.99. The van der Waals surface area contributed by atoms with Crippen LogP contribution in [0.25, 0.3) is 0 Å². The van der Waals surface area contributed by atoms with Crippen LogP contribution in [0.1, 0.15) is 49.0 Å². The second-order valence-corrected chi connectivity index (χ2v) is 6.91. The Hall–Kier alpha value is -1.44. The predicted molar refractivity (Wildman–Crippen MR) is 100 cm³/mol. The van der Waals surface area contributed by atoms with Gasteiger partial charge in [-0.15, -0.1) is 12.4 Å². The number of hydrogen-bond donors (Lipinski definition) is 1. The molecule has 2 aromatic rings. The molecule has 1 atom stereocenters. The monoisotopic (exact) mass is 428 g/mol. The van der Waals surface area contributed by atoms with Crippen molar-refractivity contribution < 1.29 is 9.32 Å². The highest BCUT2D eigenvalue weighted by Crippen LogP contribution is 2.31. The molecule has 1 aliphatic rings. The van der Waals surface area contributed by atoms with Crippen LogP contribution in [0.15, 0.2) is 33.3 Å². The summed E-state index contributed by atoms with van der Waals surface area (Å²) in [6.45, 7) is 1.28. The summed E-state index contributed by atoms with van der Waals surface area (Å²) in [5.41, 5.74) is 6.61. The molecule has 3 rings (SSSR count). The summed E-state index contributed by atoms with van der Waals surface area (Å²) in [5, 5.41) is 4.08. The standard InChI is InChI=1S/C17H21BrN4O2.ClH/c18-13-7-5-12(6-8-13)11-15-20-17(24-21-15)14-3-2-10-22(14)16(23)4-1-9-19;/h5-8,14H,1-4,9-11,19H2;1H. The zero-order valence-electron chi connectivity index (χ0n) is 13.9. The average Bonchev–Trinajstić information content (AvgIpc) is 3.23. The van der Waals surface area contributed by atoms with Crippen molar-refractivity contribution in [1.29, 1.82) is 0 Å². The van der Waals surface area contributed by atoms with Gasteiger partial charge in [0.1, 0.15) is 6.04 Å². The molecule has 136 valence electrons. The first-order valence-electron chi connectivity index (χ1n) is 8.24. The maximum Gasteiger partial charge on any atom is 0.249 e. The molecule has 2 N–H and O–H groups in total. The largest absolute Gasteiger partial charge is 0.337 e. The summed E-state index contributed by atoms with van der Waals surface area (Å²) < 4.78 is 6.48. The van der Waals surface area contributed by atoms with Gasteiger partial charge in [0.15, 0.2) is 5.82 Å². The smallest absolute Gasteiger partial charge is 0.249 e. The van der Waals surface area contributed by atoms with E-state index in [1.54, 1.807) is 0 Å². The molecule has 1 unspecified atom stereocenters. The van der Waals surface area contributed by atoms with Crippen LogP contribution in [0, 0.1) is 0 Å². The third kappa shape index (κ3) is 5.03. The number of likely N-dealkylation sites (tertiary alicyclic amines) is 1. The maximum atomic E-state index is 12.3. The van der Waals surface area contributed by atoms with Gasteiger partial charge in [-0.1, -0.05) is 33.2 Å². The van der Waals surface area contributed by atoms with Gasteiger partial charge in [0.05, 0.1) is 0 Å². The molecule has 1 aliphatic heterocycles. The third-order valence-electron chi connectivity index (χ3n) is 4.21. The molecule has 0 aliphatic carbocycles.